The quantitative estimate of drug-likeness (QED) is 0.377. The van der Waals surface area contributed by atoms with Crippen molar-refractivity contribution >= 4 is 34.9 Å². The van der Waals surface area contributed by atoms with Gasteiger partial charge >= 0.3 is 5.97 Å². The van der Waals surface area contributed by atoms with Gasteiger partial charge in [-0.05, 0) is 68.3 Å². The zero-order chi connectivity index (χ0) is 19.9. The Morgan fingerprint density at radius 2 is 1.96 bits per heavy atom. The maximum Gasteiger partial charge on any atom is 0.338 e. The van der Waals surface area contributed by atoms with Gasteiger partial charge < -0.3 is 14.2 Å². The molecule has 0 saturated heterocycles. The Morgan fingerprint density at radius 3 is 2.68 bits per heavy atom. The Morgan fingerprint density at radius 1 is 1.18 bits per heavy atom. The lowest BCUT2D eigenvalue weighted by atomic mass is 10.2. The number of hydrogen-bond donors (Lipinski definition) is 1. The summed E-state index contributed by atoms with van der Waals surface area (Å²) < 4.78 is 27.9. The van der Waals surface area contributed by atoms with Crippen molar-refractivity contribution in [2.75, 3.05) is 17.9 Å². The molecule has 1 N–H and O–H groups in total. The fraction of sp³-hybridized carbons (Fsp3) is 0.200. The maximum atomic E-state index is 13.1. The molecule has 0 unspecified atom stereocenters. The number of hydrogen-bond acceptors (Lipinski definition) is 7. The highest BCUT2D eigenvalue weighted by Crippen LogP contribution is 2.35. The maximum absolute atomic E-state index is 13.1. The highest BCUT2D eigenvalue weighted by molar-refractivity contribution is 8.02. The third-order valence-corrected chi connectivity index (χ3v) is 5.60. The van der Waals surface area contributed by atoms with Crippen LogP contribution >= 0.6 is 23.3 Å². The smallest absolute Gasteiger partial charge is 0.338 e. The number of carbonyl (C=O) groups is 1. The van der Waals surface area contributed by atoms with E-state index in [-0.39, 0.29) is 11.8 Å². The van der Waals surface area contributed by atoms with Gasteiger partial charge in [0.2, 0.25) is 0 Å². The first-order valence-electron chi connectivity index (χ1n) is 8.69. The number of benzene rings is 2. The Kier molecular flexibility index (Phi) is 6.89. The Balaban J connectivity index is 1.71. The van der Waals surface area contributed by atoms with E-state index in [9.17, 15) is 9.18 Å². The summed E-state index contributed by atoms with van der Waals surface area (Å²) in [5, 5.41) is 0.812. The van der Waals surface area contributed by atoms with Gasteiger partial charge in [-0.15, -0.1) is 11.3 Å². The normalized spacial score (nSPS) is 10.5. The van der Waals surface area contributed by atoms with Gasteiger partial charge in [0, 0.05) is 5.56 Å². The van der Waals surface area contributed by atoms with E-state index >= 15 is 0 Å². The molecule has 8 heteroatoms. The van der Waals surface area contributed by atoms with Crippen molar-refractivity contribution in [3.63, 3.8) is 0 Å². The summed E-state index contributed by atoms with van der Waals surface area (Å²) in [5.74, 6) is -0.0795. The van der Waals surface area contributed by atoms with E-state index in [1.807, 2.05) is 6.92 Å². The Bertz CT molecular complexity index is 945. The summed E-state index contributed by atoms with van der Waals surface area (Å²) in [4.78, 5) is 16.3. The summed E-state index contributed by atoms with van der Waals surface area (Å²) in [6, 6.07) is 11.4. The largest absolute Gasteiger partial charge is 0.492 e. The van der Waals surface area contributed by atoms with E-state index in [4.69, 9.17) is 9.47 Å². The summed E-state index contributed by atoms with van der Waals surface area (Å²) in [6.45, 7) is 4.44. The number of nitrogens with zero attached hydrogens (tertiary/aromatic N) is 1. The van der Waals surface area contributed by atoms with Crippen molar-refractivity contribution in [3.05, 3.63) is 60.0 Å². The SMILES string of the molecule is CCOC(=O)c1ccc(NSc2cnc(-c3ccc(F)cc3)s2)c(OCC)c1. The van der Waals surface area contributed by atoms with Crippen LogP contribution in [0.3, 0.4) is 0 Å². The zero-order valence-electron chi connectivity index (χ0n) is 15.4. The van der Waals surface area contributed by atoms with Gasteiger partial charge in [-0.25, -0.2) is 14.2 Å². The molecule has 0 aliphatic carbocycles. The van der Waals surface area contributed by atoms with Crippen LogP contribution in [0, 0.1) is 5.82 Å². The third-order valence-electron chi connectivity index (χ3n) is 3.63. The number of carbonyl (C=O) groups excluding carboxylic acids is 1. The number of nitrogens with one attached hydrogen (secondary N) is 1. The summed E-state index contributed by atoms with van der Waals surface area (Å²) >= 11 is 2.89. The number of rotatable bonds is 8. The third kappa shape index (κ3) is 5.02. The van der Waals surface area contributed by atoms with E-state index in [1.54, 1.807) is 43.5 Å². The van der Waals surface area contributed by atoms with E-state index in [2.05, 4.69) is 9.71 Å². The van der Waals surface area contributed by atoms with E-state index in [0.717, 1.165) is 20.5 Å². The minimum absolute atomic E-state index is 0.272. The lowest BCUT2D eigenvalue weighted by Crippen LogP contribution is -2.06. The molecule has 28 heavy (non-hydrogen) atoms. The minimum atomic E-state index is -0.381. The first-order chi connectivity index (χ1) is 13.6. The van der Waals surface area contributed by atoms with Gasteiger partial charge in [-0.3, -0.25) is 0 Å². The molecule has 0 radical (unpaired) electrons. The van der Waals surface area contributed by atoms with Gasteiger partial charge in [0.05, 0.1) is 30.7 Å². The fourth-order valence-electron chi connectivity index (χ4n) is 2.36. The molecular weight excluding hydrogens is 399 g/mol. The molecular formula is C20H19FN2O3S2. The van der Waals surface area contributed by atoms with Crippen LogP contribution in [0.1, 0.15) is 24.2 Å². The van der Waals surface area contributed by atoms with Crippen molar-refractivity contribution in [1.29, 1.82) is 0 Å². The highest BCUT2D eigenvalue weighted by atomic mass is 32.2. The summed E-state index contributed by atoms with van der Waals surface area (Å²) in [6.07, 6.45) is 1.76. The molecule has 0 amide bonds. The van der Waals surface area contributed by atoms with Crippen molar-refractivity contribution in [3.8, 4) is 16.3 Å². The number of thiazole rings is 1. The number of esters is 1. The summed E-state index contributed by atoms with van der Waals surface area (Å²) in [5.41, 5.74) is 2.06. The highest BCUT2D eigenvalue weighted by Gasteiger charge is 2.12. The molecule has 3 aromatic rings. The van der Waals surface area contributed by atoms with Crippen molar-refractivity contribution < 1.29 is 18.7 Å². The molecule has 5 nitrogen and oxygen atoms in total. The zero-order valence-corrected chi connectivity index (χ0v) is 17.0. The Labute approximate surface area is 171 Å². The second kappa shape index (κ2) is 9.57. The second-order valence-corrected chi connectivity index (χ2v) is 7.70. The van der Waals surface area contributed by atoms with Crippen molar-refractivity contribution in [2.24, 2.45) is 0 Å². The molecule has 0 saturated carbocycles. The standard InChI is InChI=1S/C20H19FN2O3S2/c1-3-25-17-11-14(20(24)26-4-2)7-10-16(17)23-28-18-12-22-19(27-18)13-5-8-15(21)9-6-13/h5-12,23H,3-4H2,1-2H3. The first-order valence-corrected chi connectivity index (χ1v) is 10.3. The van der Waals surface area contributed by atoms with Crippen LogP contribution in [-0.4, -0.2) is 24.2 Å². The predicted octanol–water partition coefficient (Wildman–Crippen LogP) is 5.64. The van der Waals surface area contributed by atoms with Gasteiger partial charge in [0.15, 0.2) is 0 Å². The van der Waals surface area contributed by atoms with Gasteiger partial charge in [-0.1, -0.05) is 0 Å². The van der Waals surface area contributed by atoms with Crippen LogP contribution < -0.4 is 9.46 Å². The lowest BCUT2D eigenvalue weighted by molar-refractivity contribution is 0.0526. The molecule has 1 aromatic heterocycles. The first kappa shape index (κ1) is 20.2. The Hall–Kier alpha value is -2.58. The monoisotopic (exact) mass is 418 g/mol. The van der Waals surface area contributed by atoms with Gasteiger partial charge in [0.25, 0.3) is 0 Å². The van der Waals surface area contributed by atoms with Gasteiger partial charge in [-0.2, -0.15) is 0 Å². The molecule has 146 valence electrons. The summed E-state index contributed by atoms with van der Waals surface area (Å²) in [7, 11) is 0. The molecule has 0 atom stereocenters. The van der Waals surface area contributed by atoms with Crippen molar-refractivity contribution in [1.82, 2.24) is 4.98 Å². The van der Waals surface area contributed by atoms with Crippen LogP contribution in [0.5, 0.6) is 5.75 Å². The predicted molar refractivity (Wildman–Crippen MR) is 111 cm³/mol. The molecule has 2 aromatic carbocycles. The molecule has 0 spiro atoms. The average Bonchev–Trinajstić information content (AvgIpc) is 3.17. The van der Waals surface area contributed by atoms with E-state index < -0.39 is 0 Å². The second-order valence-electron chi connectivity index (χ2n) is 5.56. The minimum Gasteiger partial charge on any atom is -0.492 e. The van der Waals surface area contributed by atoms with E-state index in [1.165, 1.54) is 35.4 Å². The van der Waals surface area contributed by atoms with Crippen LogP contribution in [0.15, 0.2) is 52.9 Å². The van der Waals surface area contributed by atoms with Gasteiger partial charge in [0.1, 0.15) is 20.8 Å². The molecule has 0 aliphatic heterocycles. The topological polar surface area (TPSA) is 60.5 Å². The fourth-order valence-corrected chi connectivity index (χ4v) is 4.03. The number of aromatic nitrogens is 1. The number of ether oxygens (including phenoxy) is 2. The van der Waals surface area contributed by atoms with Crippen molar-refractivity contribution in [2.45, 2.75) is 18.1 Å². The average molecular weight is 419 g/mol. The van der Waals surface area contributed by atoms with Crippen LogP contribution in [-0.2, 0) is 4.74 Å². The molecule has 0 aliphatic rings. The van der Waals surface area contributed by atoms with E-state index in [0.29, 0.717) is 24.5 Å². The molecule has 0 bridgehead atoms. The molecule has 3 rings (SSSR count). The van der Waals surface area contributed by atoms with Crippen LogP contribution in [0.2, 0.25) is 0 Å². The lowest BCUT2D eigenvalue weighted by Gasteiger charge is -2.12. The molecule has 0 fully saturated rings. The van der Waals surface area contributed by atoms with Crippen LogP contribution in [0.4, 0.5) is 10.1 Å². The molecule has 1 heterocycles. The number of halogens is 1. The van der Waals surface area contributed by atoms with Crippen LogP contribution in [0.25, 0.3) is 10.6 Å². The number of anilines is 1.